The first-order valence-electron chi connectivity index (χ1n) is 6.92. The van der Waals surface area contributed by atoms with E-state index < -0.39 is 35.8 Å². The number of nitrogens with one attached hydrogen (secondary N) is 2. The summed E-state index contributed by atoms with van der Waals surface area (Å²) < 4.78 is 14.6. The number of carbonyl (C=O) groups excluding carboxylic acids is 3. The van der Waals surface area contributed by atoms with E-state index >= 15 is 0 Å². The van der Waals surface area contributed by atoms with Crippen LogP contribution in [0.25, 0.3) is 0 Å². The Labute approximate surface area is 135 Å². The zero-order valence-electron chi connectivity index (χ0n) is 13.9. The second-order valence-corrected chi connectivity index (χ2v) is 5.53. The number of alkyl carbamates (subject to hydrolysis) is 1. The van der Waals surface area contributed by atoms with E-state index in [1.54, 1.807) is 20.8 Å². The quantitative estimate of drug-likeness (QED) is 0.240. The third-order valence-electron chi connectivity index (χ3n) is 2.28. The van der Waals surface area contributed by atoms with Gasteiger partial charge in [0.15, 0.2) is 12.2 Å². The van der Waals surface area contributed by atoms with E-state index in [1.165, 1.54) is 13.2 Å². The number of rotatable bonds is 8. The maximum Gasteiger partial charge on any atom is 0.409 e. The third kappa shape index (κ3) is 9.48. The minimum Gasteiger partial charge on any atom is -0.467 e. The Hall–Kier alpha value is -2.13. The number of carbonyl (C=O) groups is 3. The van der Waals surface area contributed by atoms with Crippen molar-refractivity contribution in [1.29, 1.82) is 0 Å². The van der Waals surface area contributed by atoms with E-state index in [9.17, 15) is 14.4 Å². The molecule has 0 saturated carbocycles. The first-order valence-corrected chi connectivity index (χ1v) is 6.92. The number of ether oxygens (including phenoxy) is 3. The standard InChI is InChI=1S/C14H25N3O6/c1-6-7-22-8-9(12(19)21-5)16-11(18)10(15)17-13(20)23-14(2,3)4/h6,9-10H,1,7-8,15H2,2-5H3,(H,16,18)(H,17,20)/t9-,10+/m0/s1. The molecule has 0 aromatic heterocycles. The highest BCUT2D eigenvalue weighted by molar-refractivity contribution is 5.89. The smallest absolute Gasteiger partial charge is 0.409 e. The molecule has 9 heteroatoms. The van der Waals surface area contributed by atoms with Gasteiger partial charge in [-0.05, 0) is 20.8 Å². The van der Waals surface area contributed by atoms with Crippen molar-refractivity contribution in [2.24, 2.45) is 5.73 Å². The molecule has 0 aliphatic rings. The number of esters is 1. The zero-order chi connectivity index (χ0) is 18.0. The second kappa shape index (κ2) is 9.80. The normalized spacial score (nSPS) is 13.4. The predicted molar refractivity (Wildman–Crippen MR) is 82.3 cm³/mol. The van der Waals surface area contributed by atoms with Crippen LogP contribution in [0.5, 0.6) is 0 Å². The fraction of sp³-hybridized carbons (Fsp3) is 0.643. The topological polar surface area (TPSA) is 129 Å². The number of nitrogens with two attached hydrogens (primary N) is 1. The van der Waals surface area contributed by atoms with Gasteiger partial charge in [-0.2, -0.15) is 0 Å². The van der Waals surface area contributed by atoms with Crippen molar-refractivity contribution >= 4 is 18.0 Å². The van der Waals surface area contributed by atoms with Crippen molar-refractivity contribution in [3.8, 4) is 0 Å². The van der Waals surface area contributed by atoms with Gasteiger partial charge in [0.1, 0.15) is 5.60 Å². The SMILES string of the molecule is C=CCOC[C@H](NC(=O)[C@H](N)NC(=O)OC(C)(C)C)C(=O)OC. The van der Waals surface area contributed by atoms with Crippen LogP contribution in [0.1, 0.15) is 20.8 Å². The van der Waals surface area contributed by atoms with Gasteiger partial charge in [0.25, 0.3) is 5.91 Å². The summed E-state index contributed by atoms with van der Waals surface area (Å²) in [6, 6.07) is -1.06. The molecule has 0 fully saturated rings. The van der Waals surface area contributed by atoms with Crippen LogP contribution in [0, 0.1) is 0 Å². The Morgan fingerprint density at radius 1 is 1.26 bits per heavy atom. The summed E-state index contributed by atoms with van der Waals surface area (Å²) in [7, 11) is 1.17. The summed E-state index contributed by atoms with van der Waals surface area (Å²) in [5, 5.41) is 4.49. The lowest BCUT2D eigenvalue weighted by Crippen LogP contribution is -2.57. The van der Waals surface area contributed by atoms with Crippen LogP contribution < -0.4 is 16.4 Å². The Balaban J connectivity index is 4.56. The molecule has 0 radical (unpaired) electrons. The Bertz CT molecular complexity index is 433. The zero-order valence-corrected chi connectivity index (χ0v) is 13.9. The first-order chi connectivity index (χ1) is 10.6. The molecular weight excluding hydrogens is 306 g/mol. The number of methoxy groups -OCH3 is 1. The Kier molecular flexibility index (Phi) is 8.89. The van der Waals surface area contributed by atoms with Gasteiger partial charge in [0.05, 0.1) is 20.3 Å². The monoisotopic (exact) mass is 331 g/mol. The predicted octanol–water partition coefficient (Wildman–Crippen LogP) is -0.344. The summed E-state index contributed by atoms with van der Waals surface area (Å²) in [4.78, 5) is 35.0. The summed E-state index contributed by atoms with van der Waals surface area (Å²) >= 11 is 0. The molecule has 0 aromatic carbocycles. The van der Waals surface area contributed by atoms with E-state index in [4.69, 9.17) is 15.2 Å². The van der Waals surface area contributed by atoms with Gasteiger partial charge in [0, 0.05) is 0 Å². The highest BCUT2D eigenvalue weighted by Crippen LogP contribution is 2.06. The Morgan fingerprint density at radius 3 is 2.35 bits per heavy atom. The molecule has 4 N–H and O–H groups in total. The molecule has 0 saturated heterocycles. The van der Waals surface area contributed by atoms with Crippen LogP contribution in [0.3, 0.4) is 0 Å². The lowest BCUT2D eigenvalue weighted by atomic mass is 10.2. The van der Waals surface area contributed by atoms with Crippen molar-refractivity contribution in [3.63, 3.8) is 0 Å². The molecule has 2 atom stereocenters. The fourth-order valence-corrected chi connectivity index (χ4v) is 1.34. The summed E-state index contributed by atoms with van der Waals surface area (Å²) in [6.45, 7) is 8.55. The van der Waals surface area contributed by atoms with Gasteiger partial charge < -0.3 is 25.3 Å². The fourth-order valence-electron chi connectivity index (χ4n) is 1.34. The van der Waals surface area contributed by atoms with Gasteiger partial charge in [0.2, 0.25) is 0 Å². The van der Waals surface area contributed by atoms with Crippen molar-refractivity contribution in [1.82, 2.24) is 10.6 Å². The number of amides is 2. The highest BCUT2D eigenvalue weighted by atomic mass is 16.6. The molecule has 132 valence electrons. The van der Waals surface area contributed by atoms with Crippen LogP contribution in [0.2, 0.25) is 0 Å². The van der Waals surface area contributed by atoms with Crippen molar-refractivity contribution < 1.29 is 28.6 Å². The van der Waals surface area contributed by atoms with Gasteiger partial charge in [-0.15, -0.1) is 6.58 Å². The lowest BCUT2D eigenvalue weighted by Gasteiger charge is -2.22. The minimum absolute atomic E-state index is 0.121. The number of hydrogen-bond donors (Lipinski definition) is 3. The van der Waals surface area contributed by atoms with E-state index in [0.29, 0.717) is 0 Å². The molecule has 0 heterocycles. The molecule has 2 amide bonds. The summed E-state index contributed by atoms with van der Waals surface area (Å²) in [5.74, 6) is -1.49. The molecule has 0 spiro atoms. The molecule has 23 heavy (non-hydrogen) atoms. The largest absolute Gasteiger partial charge is 0.467 e. The van der Waals surface area contributed by atoms with E-state index in [0.717, 1.165) is 0 Å². The van der Waals surface area contributed by atoms with E-state index in [1.807, 2.05) is 0 Å². The molecule has 0 unspecified atom stereocenters. The molecular formula is C14H25N3O6. The van der Waals surface area contributed by atoms with E-state index in [2.05, 4.69) is 21.9 Å². The minimum atomic E-state index is -1.39. The average Bonchev–Trinajstić information content (AvgIpc) is 2.43. The molecule has 0 aliphatic heterocycles. The van der Waals surface area contributed by atoms with E-state index in [-0.39, 0.29) is 13.2 Å². The van der Waals surface area contributed by atoms with Crippen LogP contribution in [0.15, 0.2) is 12.7 Å². The van der Waals surface area contributed by atoms with Gasteiger partial charge in [-0.25, -0.2) is 9.59 Å². The second-order valence-electron chi connectivity index (χ2n) is 5.53. The number of hydrogen-bond acceptors (Lipinski definition) is 7. The lowest BCUT2D eigenvalue weighted by molar-refractivity contribution is -0.147. The average molecular weight is 331 g/mol. The summed E-state index contributed by atoms with van der Waals surface area (Å²) in [5.41, 5.74) is 4.82. The van der Waals surface area contributed by atoms with Crippen LogP contribution >= 0.6 is 0 Å². The van der Waals surface area contributed by atoms with Crippen molar-refractivity contribution in [2.45, 2.75) is 38.6 Å². The third-order valence-corrected chi connectivity index (χ3v) is 2.28. The van der Waals surface area contributed by atoms with Crippen molar-refractivity contribution in [2.75, 3.05) is 20.3 Å². The maximum atomic E-state index is 11.9. The molecule has 0 bridgehead atoms. The Morgan fingerprint density at radius 2 is 1.87 bits per heavy atom. The highest BCUT2D eigenvalue weighted by Gasteiger charge is 2.26. The van der Waals surface area contributed by atoms with Crippen LogP contribution in [-0.2, 0) is 23.8 Å². The molecule has 0 aliphatic carbocycles. The van der Waals surface area contributed by atoms with Crippen molar-refractivity contribution in [3.05, 3.63) is 12.7 Å². The molecule has 0 rings (SSSR count). The van der Waals surface area contributed by atoms with Gasteiger partial charge in [-0.3, -0.25) is 10.1 Å². The van der Waals surface area contributed by atoms with Gasteiger partial charge >= 0.3 is 12.1 Å². The summed E-state index contributed by atoms with van der Waals surface area (Å²) in [6.07, 6.45) is -0.750. The molecule has 9 nitrogen and oxygen atoms in total. The maximum absolute atomic E-state index is 11.9. The first kappa shape index (κ1) is 20.9. The van der Waals surface area contributed by atoms with Gasteiger partial charge in [-0.1, -0.05) is 6.08 Å². The molecule has 0 aromatic rings. The van der Waals surface area contributed by atoms with Crippen LogP contribution in [-0.4, -0.2) is 56.1 Å². The van der Waals surface area contributed by atoms with Crippen LogP contribution in [0.4, 0.5) is 4.79 Å².